The maximum atomic E-state index is 2.50. The highest BCUT2D eigenvalue weighted by molar-refractivity contribution is 6.23. The van der Waals surface area contributed by atoms with Crippen LogP contribution in [0, 0.1) is 0 Å². The summed E-state index contributed by atoms with van der Waals surface area (Å²) in [6.07, 6.45) is 0. The van der Waals surface area contributed by atoms with Gasteiger partial charge in [0.25, 0.3) is 0 Å². The van der Waals surface area contributed by atoms with Crippen LogP contribution in [-0.4, -0.2) is 4.57 Å². The maximum Gasteiger partial charge on any atom is 0.0546 e. The molecular formula is C62H40N2. The zero-order valence-corrected chi connectivity index (χ0v) is 35.0. The van der Waals surface area contributed by atoms with Crippen molar-refractivity contribution < 1.29 is 0 Å². The molecule has 0 saturated heterocycles. The quantitative estimate of drug-likeness (QED) is 0.152. The highest BCUT2D eigenvalue weighted by atomic mass is 15.1. The molecule has 0 radical (unpaired) electrons. The van der Waals surface area contributed by atoms with Gasteiger partial charge in [-0.15, -0.1) is 0 Å². The number of rotatable bonds is 6. The summed E-state index contributed by atoms with van der Waals surface area (Å²) in [6.45, 7) is 0. The SMILES string of the molecule is c1ccc(-c2c(-c3ccccc3)c3cc(N(c4ccc5c(c4)c4ccccc4n5-c4cccc5ccccc45)c4cc5ccccc5c5ccccc45)ccc3c3ccccc23)cc1. The lowest BCUT2D eigenvalue weighted by Gasteiger charge is -2.29. The summed E-state index contributed by atoms with van der Waals surface area (Å²) in [6, 6.07) is 89.3. The van der Waals surface area contributed by atoms with E-state index in [2.05, 4.69) is 252 Å². The van der Waals surface area contributed by atoms with Crippen molar-refractivity contribution in [2.24, 2.45) is 0 Å². The lowest BCUT2D eigenvalue weighted by molar-refractivity contribution is 1.20. The Bertz CT molecular complexity index is 3950. The molecule has 0 aliphatic heterocycles. The lowest BCUT2D eigenvalue weighted by Crippen LogP contribution is -2.11. The van der Waals surface area contributed by atoms with Crippen LogP contribution in [0.25, 0.3) is 104 Å². The van der Waals surface area contributed by atoms with E-state index in [-0.39, 0.29) is 0 Å². The summed E-state index contributed by atoms with van der Waals surface area (Å²) < 4.78 is 2.45. The van der Waals surface area contributed by atoms with E-state index in [0.29, 0.717) is 0 Å². The number of benzene rings is 12. The molecular weight excluding hydrogens is 773 g/mol. The van der Waals surface area contributed by atoms with E-state index >= 15 is 0 Å². The van der Waals surface area contributed by atoms with Crippen LogP contribution in [0.1, 0.15) is 0 Å². The minimum Gasteiger partial charge on any atom is -0.310 e. The molecule has 0 atom stereocenters. The van der Waals surface area contributed by atoms with Gasteiger partial charge in [0.1, 0.15) is 0 Å². The number of nitrogens with zero attached hydrogens (tertiary/aromatic N) is 2. The molecule has 13 rings (SSSR count). The topological polar surface area (TPSA) is 8.17 Å². The maximum absolute atomic E-state index is 2.50. The summed E-state index contributed by atoms with van der Waals surface area (Å²) in [5.41, 5.74) is 11.7. The molecule has 64 heavy (non-hydrogen) atoms. The van der Waals surface area contributed by atoms with Crippen molar-refractivity contribution in [1.82, 2.24) is 4.57 Å². The van der Waals surface area contributed by atoms with Crippen LogP contribution in [0.2, 0.25) is 0 Å². The van der Waals surface area contributed by atoms with Gasteiger partial charge >= 0.3 is 0 Å². The van der Waals surface area contributed by atoms with E-state index < -0.39 is 0 Å². The summed E-state index contributed by atoms with van der Waals surface area (Å²) in [5.74, 6) is 0. The van der Waals surface area contributed by atoms with Crippen molar-refractivity contribution >= 4 is 92.7 Å². The van der Waals surface area contributed by atoms with Crippen LogP contribution in [0.15, 0.2) is 243 Å². The third-order valence-electron chi connectivity index (χ3n) is 13.3. The summed E-state index contributed by atoms with van der Waals surface area (Å²) >= 11 is 0. The molecule has 2 heteroatoms. The first-order valence-electron chi connectivity index (χ1n) is 22.1. The Labute approximate surface area is 371 Å². The molecule has 0 spiro atoms. The average Bonchev–Trinajstić information content (AvgIpc) is 3.70. The highest BCUT2D eigenvalue weighted by Gasteiger charge is 2.23. The second-order valence-corrected chi connectivity index (χ2v) is 16.8. The second-order valence-electron chi connectivity index (χ2n) is 16.8. The molecule has 1 heterocycles. The van der Waals surface area contributed by atoms with Crippen LogP contribution in [-0.2, 0) is 0 Å². The van der Waals surface area contributed by atoms with E-state index in [9.17, 15) is 0 Å². The van der Waals surface area contributed by atoms with Crippen molar-refractivity contribution in [2.75, 3.05) is 4.90 Å². The molecule has 0 fully saturated rings. The fraction of sp³-hybridized carbons (Fsp3) is 0. The van der Waals surface area contributed by atoms with Crippen molar-refractivity contribution in [3.05, 3.63) is 243 Å². The minimum absolute atomic E-state index is 1.09. The molecule has 0 N–H and O–H groups in total. The molecule has 0 saturated carbocycles. The second kappa shape index (κ2) is 14.6. The minimum atomic E-state index is 1.09. The number of aromatic nitrogens is 1. The van der Waals surface area contributed by atoms with Crippen LogP contribution >= 0.6 is 0 Å². The molecule has 0 unspecified atom stereocenters. The van der Waals surface area contributed by atoms with Crippen molar-refractivity contribution in [3.63, 3.8) is 0 Å². The highest BCUT2D eigenvalue weighted by Crippen LogP contribution is 2.49. The first-order valence-corrected chi connectivity index (χ1v) is 22.1. The molecule has 13 aromatic rings. The van der Waals surface area contributed by atoms with Gasteiger partial charge in [-0.05, 0) is 114 Å². The van der Waals surface area contributed by atoms with Crippen LogP contribution in [0.3, 0.4) is 0 Å². The van der Waals surface area contributed by atoms with Crippen molar-refractivity contribution in [1.29, 1.82) is 0 Å². The summed E-state index contributed by atoms with van der Waals surface area (Å²) in [4.78, 5) is 2.50. The first kappa shape index (κ1) is 36.2. The zero-order chi connectivity index (χ0) is 42.1. The Hall–Kier alpha value is -8.46. The van der Waals surface area contributed by atoms with Gasteiger partial charge < -0.3 is 9.47 Å². The van der Waals surface area contributed by atoms with Crippen LogP contribution < -0.4 is 4.90 Å². The van der Waals surface area contributed by atoms with E-state index in [1.807, 2.05) is 0 Å². The first-order chi connectivity index (χ1) is 31.8. The Morgan fingerprint density at radius 3 is 1.48 bits per heavy atom. The molecule has 2 nitrogen and oxygen atoms in total. The normalized spacial score (nSPS) is 11.8. The van der Waals surface area contributed by atoms with Gasteiger partial charge in [-0.2, -0.15) is 0 Å². The number of para-hydroxylation sites is 1. The molecule has 12 aromatic carbocycles. The molecule has 0 aliphatic carbocycles. The molecule has 0 aliphatic rings. The van der Waals surface area contributed by atoms with Gasteiger partial charge in [-0.25, -0.2) is 0 Å². The van der Waals surface area contributed by atoms with E-state index in [1.54, 1.807) is 0 Å². The number of fused-ring (bicyclic) bond motifs is 10. The fourth-order valence-electron chi connectivity index (χ4n) is 10.5. The van der Waals surface area contributed by atoms with Gasteiger partial charge in [0.05, 0.1) is 22.4 Å². The van der Waals surface area contributed by atoms with Gasteiger partial charge in [0, 0.05) is 32.9 Å². The van der Waals surface area contributed by atoms with E-state index in [0.717, 1.165) is 17.1 Å². The van der Waals surface area contributed by atoms with Crippen LogP contribution in [0.4, 0.5) is 17.1 Å². The smallest absolute Gasteiger partial charge is 0.0546 e. The predicted molar refractivity (Wildman–Crippen MR) is 274 cm³/mol. The summed E-state index contributed by atoms with van der Waals surface area (Å²) in [5, 5.41) is 14.7. The Balaban J connectivity index is 1.14. The van der Waals surface area contributed by atoms with E-state index in [4.69, 9.17) is 0 Å². The zero-order valence-electron chi connectivity index (χ0n) is 35.0. The fourth-order valence-corrected chi connectivity index (χ4v) is 10.5. The summed E-state index contributed by atoms with van der Waals surface area (Å²) in [7, 11) is 0. The van der Waals surface area contributed by atoms with Crippen LogP contribution in [0.5, 0.6) is 0 Å². The Kier molecular flexibility index (Phi) is 8.25. The Morgan fingerprint density at radius 1 is 0.266 bits per heavy atom. The van der Waals surface area contributed by atoms with Crippen molar-refractivity contribution in [3.8, 4) is 27.9 Å². The number of hydrogen-bond acceptors (Lipinski definition) is 1. The predicted octanol–water partition coefficient (Wildman–Crippen LogP) is 17.4. The van der Waals surface area contributed by atoms with Gasteiger partial charge in [0.2, 0.25) is 0 Å². The molecule has 0 amide bonds. The Morgan fingerprint density at radius 2 is 0.750 bits per heavy atom. The third kappa shape index (κ3) is 5.59. The largest absolute Gasteiger partial charge is 0.310 e. The van der Waals surface area contributed by atoms with Gasteiger partial charge in [-0.3, -0.25) is 0 Å². The average molecular weight is 813 g/mol. The van der Waals surface area contributed by atoms with Crippen molar-refractivity contribution in [2.45, 2.75) is 0 Å². The molecule has 0 bridgehead atoms. The number of hydrogen-bond donors (Lipinski definition) is 0. The monoisotopic (exact) mass is 812 g/mol. The molecule has 1 aromatic heterocycles. The molecule has 298 valence electrons. The van der Waals surface area contributed by atoms with Gasteiger partial charge in [-0.1, -0.05) is 194 Å². The third-order valence-corrected chi connectivity index (χ3v) is 13.3. The lowest BCUT2D eigenvalue weighted by atomic mass is 9.85. The number of anilines is 3. The van der Waals surface area contributed by atoms with E-state index in [1.165, 1.54) is 104 Å². The standard InChI is InChI=1S/C62H40N2/c1-3-19-42(20-4-1)61-54-31-14-12-28-50(54)51-36-34-45(40-56(51)62(61)43-21-5-2-6-22-43)63(60-38-44-23-8-9-25-47(44)49-27-11-13-29-52(49)60)46-35-37-59-55(39-46)53-30-15-16-32-58(53)64(59)57-33-17-24-41-18-7-10-26-48(41)57/h1-40H. The van der Waals surface area contributed by atoms with Gasteiger partial charge in [0.15, 0.2) is 0 Å².